The van der Waals surface area contributed by atoms with Crippen molar-refractivity contribution in [2.45, 2.75) is 6.92 Å². The Balaban J connectivity index is 1.84. The van der Waals surface area contributed by atoms with Gasteiger partial charge in [-0.1, -0.05) is 0 Å². The molecular formula is C12H11N3O2S2. The van der Waals surface area contributed by atoms with Crippen molar-refractivity contribution in [2.75, 3.05) is 5.32 Å². The third-order valence-corrected chi connectivity index (χ3v) is 2.94. The van der Waals surface area contributed by atoms with Crippen LogP contribution in [0.4, 0.5) is 5.13 Å². The fraction of sp³-hybridized carbons (Fsp3) is 0.0833. The predicted molar refractivity (Wildman–Crippen MR) is 79.0 cm³/mol. The highest BCUT2D eigenvalue weighted by molar-refractivity contribution is 7.80. The zero-order chi connectivity index (χ0) is 13.7. The van der Waals surface area contributed by atoms with Crippen molar-refractivity contribution < 1.29 is 9.21 Å². The molecule has 7 heteroatoms. The van der Waals surface area contributed by atoms with Crippen LogP contribution in [-0.2, 0) is 4.79 Å². The minimum atomic E-state index is -0.330. The highest BCUT2D eigenvalue weighted by Gasteiger charge is 2.03. The van der Waals surface area contributed by atoms with E-state index in [2.05, 4.69) is 15.6 Å². The number of aryl methyl sites for hydroxylation is 1. The monoisotopic (exact) mass is 293 g/mol. The van der Waals surface area contributed by atoms with Crippen LogP contribution in [0, 0.1) is 6.92 Å². The first-order chi connectivity index (χ1) is 9.13. The van der Waals surface area contributed by atoms with E-state index in [1.54, 1.807) is 18.3 Å². The normalized spacial score (nSPS) is 10.6. The van der Waals surface area contributed by atoms with E-state index in [-0.39, 0.29) is 11.0 Å². The van der Waals surface area contributed by atoms with Crippen LogP contribution >= 0.6 is 23.6 Å². The second kappa shape index (κ2) is 6.26. The average molecular weight is 293 g/mol. The van der Waals surface area contributed by atoms with Gasteiger partial charge in [-0.2, -0.15) is 0 Å². The van der Waals surface area contributed by atoms with E-state index in [0.29, 0.717) is 10.9 Å². The second-order valence-electron chi connectivity index (χ2n) is 3.56. The number of furan rings is 1. The van der Waals surface area contributed by atoms with Gasteiger partial charge in [-0.25, -0.2) is 4.98 Å². The Bertz CT molecular complexity index is 602. The zero-order valence-electron chi connectivity index (χ0n) is 10.0. The zero-order valence-corrected chi connectivity index (χ0v) is 11.7. The van der Waals surface area contributed by atoms with Crippen LogP contribution in [0.25, 0.3) is 6.08 Å². The van der Waals surface area contributed by atoms with Gasteiger partial charge in [0.15, 0.2) is 10.2 Å². The van der Waals surface area contributed by atoms with Crippen LogP contribution < -0.4 is 10.6 Å². The third kappa shape index (κ3) is 4.31. The van der Waals surface area contributed by atoms with E-state index in [9.17, 15) is 4.79 Å². The summed E-state index contributed by atoms with van der Waals surface area (Å²) in [4.78, 5) is 15.6. The molecule has 0 aromatic carbocycles. The Morgan fingerprint density at radius 3 is 3.00 bits per heavy atom. The van der Waals surface area contributed by atoms with Crippen molar-refractivity contribution in [1.82, 2.24) is 10.3 Å². The van der Waals surface area contributed by atoms with Crippen LogP contribution in [0.5, 0.6) is 0 Å². The lowest BCUT2D eigenvalue weighted by molar-refractivity contribution is -0.115. The number of thiazole rings is 1. The number of amides is 1. The first kappa shape index (κ1) is 13.4. The SMILES string of the molecule is Cc1ccc(/C=C/C(=O)NC(=S)Nc2nccs2)o1. The van der Waals surface area contributed by atoms with Gasteiger partial charge in [0.1, 0.15) is 11.5 Å². The lowest BCUT2D eigenvalue weighted by atomic mass is 10.4. The van der Waals surface area contributed by atoms with Crippen molar-refractivity contribution in [1.29, 1.82) is 0 Å². The first-order valence-electron chi connectivity index (χ1n) is 5.39. The Morgan fingerprint density at radius 1 is 1.53 bits per heavy atom. The quantitative estimate of drug-likeness (QED) is 0.672. The van der Waals surface area contributed by atoms with Crippen molar-refractivity contribution in [3.05, 3.63) is 41.3 Å². The number of nitrogens with zero attached hydrogens (tertiary/aromatic N) is 1. The molecule has 2 aromatic heterocycles. The number of carbonyl (C=O) groups excluding carboxylic acids is 1. The third-order valence-electron chi connectivity index (χ3n) is 2.05. The van der Waals surface area contributed by atoms with Crippen LogP contribution in [0.2, 0.25) is 0 Å². The molecule has 0 radical (unpaired) electrons. The van der Waals surface area contributed by atoms with Crippen molar-refractivity contribution >= 4 is 45.8 Å². The number of anilines is 1. The van der Waals surface area contributed by atoms with E-state index in [0.717, 1.165) is 5.76 Å². The summed E-state index contributed by atoms with van der Waals surface area (Å²) in [5.41, 5.74) is 0. The molecule has 0 unspecified atom stereocenters. The molecule has 2 N–H and O–H groups in total. The van der Waals surface area contributed by atoms with Gasteiger partial charge in [0.25, 0.3) is 0 Å². The number of carbonyl (C=O) groups is 1. The molecule has 5 nitrogen and oxygen atoms in total. The lowest BCUT2D eigenvalue weighted by Crippen LogP contribution is -2.32. The lowest BCUT2D eigenvalue weighted by Gasteiger charge is -2.03. The molecule has 0 aliphatic carbocycles. The van der Waals surface area contributed by atoms with E-state index >= 15 is 0 Å². The molecular weight excluding hydrogens is 282 g/mol. The van der Waals surface area contributed by atoms with E-state index < -0.39 is 0 Å². The van der Waals surface area contributed by atoms with Crippen molar-refractivity contribution in [3.63, 3.8) is 0 Å². The molecule has 0 atom stereocenters. The van der Waals surface area contributed by atoms with Gasteiger partial charge in [0.2, 0.25) is 5.91 Å². The molecule has 0 fully saturated rings. The molecule has 0 saturated carbocycles. The summed E-state index contributed by atoms with van der Waals surface area (Å²) in [6, 6.07) is 3.61. The molecule has 0 saturated heterocycles. The standard InChI is InChI=1S/C12H11N3O2S2/c1-8-2-3-9(17-8)4-5-10(16)14-11(18)15-12-13-6-7-19-12/h2-7H,1H3,(H2,13,14,15,16,18)/b5-4+. The molecule has 2 aromatic rings. The van der Waals surface area contributed by atoms with Gasteiger partial charge >= 0.3 is 0 Å². The van der Waals surface area contributed by atoms with Crippen LogP contribution in [0.15, 0.2) is 34.2 Å². The highest BCUT2D eigenvalue weighted by atomic mass is 32.1. The topological polar surface area (TPSA) is 67.2 Å². The number of thiocarbonyl (C=S) groups is 1. The first-order valence-corrected chi connectivity index (χ1v) is 6.68. The summed E-state index contributed by atoms with van der Waals surface area (Å²) in [6.45, 7) is 1.84. The van der Waals surface area contributed by atoms with E-state index in [1.165, 1.54) is 17.4 Å². The Kier molecular flexibility index (Phi) is 4.43. The molecule has 0 aliphatic rings. The Hall–Kier alpha value is -1.99. The average Bonchev–Trinajstić information content (AvgIpc) is 2.98. The maximum Gasteiger partial charge on any atom is 0.250 e. The predicted octanol–water partition coefficient (Wildman–Crippen LogP) is 2.57. The van der Waals surface area contributed by atoms with Crippen LogP contribution in [0.3, 0.4) is 0 Å². The van der Waals surface area contributed by atoms with Gasteiger partial charge in [0.05, 0.1) is 0 Å². The largest absolute Gasteiger partial charge is 0.462 e. The summed E-state index contributed by atoms with van der Waals surface area (Å²) < 4.78 is 5.30. The molecule has 0 spiro atoms. The number of aromatic nitrogens is 1. The fourth-order valence-electron chi connectivity index (χ4n) is 1.27. The smallest absolute Gasteiger partial charge is 0.250 e. The molecule has 2 rings (SSSR count). The van der Waals surface area contributed by atoms with Gasteiger partial charge in [-0.05, 0) is 37.4 Å². The minimum absolute atomic E-state index is 0.209. The number of hydrogen-bond acceptors (Lipinski definition) is 5. The summed E-state index contributed by atoms with van der Waals surface area (Å²) in [7, 11) is 0. The molecule has 1 amide bonds. The summed E-state index contributed by atoms with van der Waals surface area (Å²) >= 11 is 6.38. The molecule has 2 heterocycles. The number of hydrogen-bond donors (Lipinski definition) is 2. The Morgan fingerprint density at radius 2 is 2.37 bits per heavy atom. The van der Waals surface area contributed by atoms with E-state index in [1.807, 2.05) is 18.4 Å². The fourth-order valence-corrected chi connectivity index (χ4v) is 2.06. The highest BCUT2D eigenvalue weighted by Crippen LogP contribution is 2.10. The van der Waals surface area contributed by atoms with Gasteiger partial charge < -0.3 is 9.73 Å². The molecule has 0 bridgehead atoms. The maximum atomic E-state index is 11.6. The van der Waals surface area contributed by atoms with Crippen LogP contribution in [-0.4, -0.2) is 16.0 Å². The Labute approximate surface area is 119 Å². The van der Waals surface area contributed by atoms with E-state index in [4.69, 9.17) is 16.6 Å². The summed E-state index contributed by atoms with van der Waals surface area (Å²) in [5.74, 6) is 1.08. The molecule has 98 valence electrons. The summed E-state index contributed by atoms with van der Waals surface area (Å²) in [5, 5.41) is 7.97. The molecule has 0 aliphatic heterocycles. The second-order valence-corrected chi connectivity index (χ2v) is 4.87. The summed E-state index contributed by atoms with van der Waals surface area (Å²) in [6.07, 6.45) is 4.58. The van der Waals surface area contributed by atoms with Gasteiger partial charge in [0, 0.05) is 17.7 Å². The minimum Gasteiger partial charge on any atom is -0.462 e. The van der Waals surface area contributed by atoms with Crippen molar-refractivity contribution in [3.8, 4) is 0 Å². The van der Waals surface area contributed by atoms with Gasteiger partial charge in [-0.3, -0.25) is 10.1 Å². The number of nitrogens with one attached hydrogen (secondary N) is 2. The van der Waals surface area contributed by atoms with Crippen molar-refractivity contribution in [2.24, 2.45) is 0 Å². The van der Waals surface area contributed by atoms with Crippen LogP contribution in [0.1, 0.15) is 11.5 Å². The molecule has 19 heavy (non-hydrogen) atoms. The van der Waals surface area contributed by atoms with Gasteiger partial charge in [-0.15, -0.1) is 11.3 Å². The maximum absolute atomic E-state index is 11.6. The number of rotatable bonds is 3.